The van der Waals surface area contributed by atoms with Gasteiger partial charge in [0.15, 0.2) is 0 Å². The van der Waals surface area contributed by atoms with E-state index in [1.165, 1.54) is 19.3 Å². The molecule has 0 aromatic rings. The first-order valence-corrected chi connectivity index (χ1v) is 8.48. The van der Waals surface area contributed by atoms with Crippen LogP contribution in [0.15, 0.2) is 0 Å². The Balaban J connectivity index is 2.55. The van der Waals surface area contributed by atoms with Gasteiger partial charge in [-0.1, -0.05) is 48.5 Å². The van der Waals surface area contributed by atoms with Crippen LogP contribution in [0.25, 0.3) is 0 Å². The molecule has 120 valence electrons. The molecule has 0 amide bonds. The van der Waals surface area contributed by atoms with Crippen molar-refractivity contribution >= 4 is 0 Å². The molecule has 1 rings (SSSR count). The normalized spacial score (nSPS) is 28.6. The summed E-state index contributed by atoms with van der Waals surface area (Å²) in [5.74, 6) is 0.789. The molecule has 0 saturated heterocycles. The molecule has 1 N–H and O–H groups in total. The lowest BCUT2D eigenvalue weighted by atomic mass is 9.70. The first-order valence-electron chi connectivity index (χ1n) is 8.48. The summed E-state index contributed by atoms with van der Waals surface area (Å²) in [6.45, 7) is 18.1. The van der Waals surface area contributed by atoms with Gasteiger partial charge in [0.2, 0.25) is 0 Å². The predicted molar refractivity (Wildman–Crippen MR) is 88.1 cm³/mol. The van der Waals surface area contributed by atoms with Crippen molar-refractivity contribution in [2.24, 2.45) is 16.7 Å². The lowest BCUT2D eigenvalue weighted by molar-refractivity contribution is -0.0345. The van der Waals surface area contributed by atoms with Gasteiger partial charge in [0.1, 0.15) is 0 Å². The zero-order chi connectivity index (χ0) is 15.4. The monoisotopic (exact) mass is 283 g/mol. The second-order valence-electron chi connectivity index (χ2n) is 8.76. The Hall–Kier alpha value is -0.0800. The van der Waals surface area contributed by atoms with Gasteiger partial charge in [0.25, 0.3) is 0 Å². The minimum absolute atomic E-state index is 0.367. The van der Waals surface area contributed by atoms with E-state index in [4.69, 9.17) is 4.74 Å². The summed E-state index contributed by atoms with van der Waals surface area (Å²) in [4.78, 5) is 0. The second kappa shape index (κ2) is 7.26. The highest BCUT2D eigenvalue weighted by molar-refractivity contribution is 4.89. The maximum absolute atomic E-state index is 6.29. The Bertz CT molecular complexity index is 274. The number of rotatable bonds is 5. The van der Waals surface area contributed by atoms with Gasteiger partial charge in [0, 0.05) is 12.6 Å². The van der Waals surface area contributed by atoms with Crippen molar-refractivity contribution in [2.45, 2.75) is 86.3 Å². The number of hydrogen-bond donors (Lipinski definition) is 1. The molecule has 0 aromatic carbocycles. The Morgan fingerprint density at radius 1 is 1.05 bits per heavy atom. The Labute approximate surface area is 127 Å². The highest BCUT2D eigenvalue weighted by Crippen LogP contribution is 2.39. The average molecular weight is 284 g/mol. The molecule has 0 spiro atoms. The molecule has 2 nitrogen and oxygen atoms in total. The van der Waals surface area contributed by atoms with Crippen LogP contribution in [-0.2, 0) is 4.74 Å². The van der Waals surface area contributed by atoms with Crippen LogP contribution in [0.1, 0.15) is 74.1 Å². The minimum atomic E-state index is 0.367. The third kappa shape index (κ3) is 6.13. The summed E-state index contributed by atoms with van der Waals surface area (Å²) in [5.41, 5.74) is 0.772. The summed E-state index contributed by atoms with van der Waals surface area (Å²) in [5, 5.41) is 3.63. The highest BCUT2D eigenvalue weighted by Gasteiger charge is 2.36. The molecule has 1 saturated carbocycles. The lowest BCUT2D eigenvalue weighted by Crippen LogP contribution is -2.47. The summed E-state index contributed by atoms with van der Waals surface area (Å²) < 4.78 is 6.29. The van der Waals surface area contributed by atoms with E-state index in [1.54, 1.807) is 0 Å². The molecule has 1 aliphatic carbocycles. The maximum Gasteiger partial charge on any atom is 0.0730 e. The van der Waals surface area contributed by atoms with Crippen molar-refractivity contribution in [3.05, 3.63) is 0 Å². The van der Waals surface area contributed by atoms with Gasteiger partial charge >= 0.3 is 0 Å². The van der Waals surface area contributed by atoms with Crippen LogP contribution >= 0.6 is 0 Å². The molecular formula is C18H37NO. The van der Waals surface area contributed by atoms with Gasteiger partial charge in [-0.3, -0.25) is 0 Å². The van der Waals surface area contributed by atoms with Gasteiger partial charge in [-0.2, -0.15) is 0 Å². The second-order valence-corrected chi connectivity index (χ2v) is 8.76. The van der Waals surface area contributed by atoms with Crippen LogP contribution in [0, 0.1) is 16.7 Å². The third-order valence-electron chi connectivity index (χ3n) is 4.67. The molecule has 1 fully saturated rings. The fourth-order valence-corrected chi connectivity index (χ4v) is 3.11. The fraction of sp³-hybridized carbons (Fsp3) is 1.00. The van der Waals surface area contributed by atoms with E-state index in [2.05, 4.69) is 53.8 Å². The lowest BCUT2D eigenvalue weighted by Gasteiger charge is -2.42. The van der Waals surface area contributed by atoms with Crippen LogP contribution in [0.2, 0.25) is 0 Å². The van der Waals surface area contributed by atoms with Gasteiger partial charge < -0.3 is 10.1 Å². The van der Waals surface area contributed by atoms with E-state index in [1.807, 2.05) is 0 Å². The Kier molecular flexibility index (Phi) is 6.53. The largest absolute Gasteiger partial charge is 0.377 e. The smallest absolute Gasteiger partial charge is 0.0730 e. The van der Waals surface area contributed by atoms with Crippen LogP contribution in [0.3, 0.4) is 0 Å². The van der Waals surface area contributed by atoms with E-state index in [9.17, 15) is 0 Å². The predicted octanol–water partition coefficient (Wildman–Crippen LogP) is 4.63. The molecule has 1 aliphatic rings. The molecule has 3 atom stereocenters. The Morgan fingerprint density at radius 3 is 2.20 bits per heavy atom. The van der Waals surface area contributed by atoms with E-state index < -0.39 is 0 Å². The van der Waals surface area contributed by atoms with E-state index >= 15 is 0 Å². The van der Waals surface area contributed by atoms with Crippen molar-refractivity contribution in [3.63, 3.8) is 0 Å². The van der Waals surface area contributed by atoms with Gasteiger partial charge in [0.05, 0.1) is 6.10 Å². The third-order valence-corrected chi connectivity index (χ3v) is 4.67. The zero-order valence-corrected chi connectivity index (χ0v) is 14.9. The van der Waals surface area contributed by atoms with Crippen molar-refractivity contribution < 1.29 is 4.74 Å². The standard InChI is InChI=1S/C18H37NO/c1-8-19-15-10-9-14(18(5,6)7)13-16(15)20-12-11-17(2,3)4/h14-16,19H,8-13H2,1-7H3. The number of hydrogen-bond acceptors (Lipinski definition) is 2. The molecule has 2 heteroatoms. The number of nitrogens with one attached hydrogen (secondary N) is 1. The average Bonchev–Trinajstić information content (AvgIpc) is 2.28. The van der Waals surface area contributed by atoms with Gasteiger partial charge in [-0.15, -0.1) is 0 Å². The topological polar surface area (TPSA) is 21.3 Å². The van der Waals surface area contributed by atoms with Crippen molar-refractivity contribution in [1.29, 1.82) is 0 Å². The Morgan fingerprint density at radius 2 is 1.70 bits per heavy atom. The van der Waals surface area contributed by atoms with Crippen LogP contribution < -0.4 is 5.32 Å². The first-order chi connectivity index (χ1) is 9.13. The molecule has 0 aromatic heterocycles. The molecule has 0 radical (unpaired) electrons. The molecule has 0 bridgehead atoms. The summed E-state index contributed by atoms with van der Waals surface area (Å²) in [6.07, 6.45) is 5.35. The molecule has 3 unspecified atom stereocenters. The highest BCUT2D eigenvalue weighted by atomic mass is 16.5. The van der Waals surface area contributed by atoms with E-state index in [-0.39, 0.29) is 0 Å². The summed E-state index contributed by atoms with van der Waals surface area (Å²) in [6, 6.07) is 0.554. The van der Waals surface area contributed by atoms with E-state index in [0.717, 1.165) is 25.5 Å². The fourth-order valence-electron chi connectivity index (χ4n) is 3.11. The quantitative estimate of drug-likeness (QED) is 0.794. The van der Waals surface area contributed by atoms with E-state index in [0.29, 0.717) is 23.0 Å². The minimum Gasteiger partial charge on any atom is -0.377 e. The van der Waals surface area contributed by atoms with Crippen LogP contribution in [0.4, 0.5) is 0 Å². The first kappa shape index (κ1) is 18.0. The molecule has 0 aliphatic heterocycles. The zero-order valence-electron chi connectivity index (χ0n) is 14.9. The molecular weight excluding hydrogens is 246 g/mol. The van der Waals surface area contributed by atoms with Crippen LogP contribution in [-0.4, -0.2) is 25.3 Å². The maximum atomic E-state index is 6.29. The van der Waals surface area contributed by atoms with Gasteiger partial charge in [-0.25, -0.2) is 0 Å². The van der Waals surface area contributed by atoms with Crippen molar-refractivity contribution in [2.75, 3.05) is 13.2 Å². The number of likely N-dealkylation sites (N-methyl/N-ethyl adjacent to an activating group) is 1. The van der Waals surface area contributed by atoms with Gasteiger partial charge in [-0.05, 0) is 49.0 Å². The number of ether oxygens (including phenoxy) is 1. The SMILES string of the molecule is CCNC1CCC(C(C)(C)C)CC1OCCC(C)(C)C. The summed E-state index contributed by atoms with van der Waals surface area (Å²) >= 11 is 0. The molecule has 20 heavy (non-hydrogen) atoms. The van der Waals surface area contributed by atoms with Crippen molar-refractivity contribution in [1.82, 2.24) is 5.32 Å². The van der Waals surface area contributed by atoms with Crippen molar-refractivity contribution in [3.8, 4) is 0 Å². The summed E-state index contributed by atoms with van der Waals surface area (Å²) in [7, 11) is 0. The molecule has 0 heterocycles. The van der Waals surface area contributed by atoms with Crippen LogP contribution in [0.5, 0.6) is 0 Å².